The molecule has 2 N–H and O–H groups in total. The molecule has 0 aliphatic carbocycles. The van der Waals surface area contributed by atoms with Crippen molar-refractivity contribution in [1.29, 1.82) is 0 Å². The SMILES string of the molecule is O=c1c(CO)c[nH]n1-c1cccc(C(F)(F)F)c1. The Labute approximate surface area is 99.3 Å². The first kappa shape index (κ1) is 12.4. The number of aromatic nitrogens is 2. The summed E-state index contributed by atoms with van der Waals surface area (Å²) in [7, 11) is 0. The summed E-state index contributed by atoms with van der Waals surface area (Å²) in [5.41, 5.74) is -1.26. The van der Waals surface area contributed by atoms with Crippen molar-refractivity contribution in [1.82, 2.24) is 9.78 Å². The van der Waals surface area contributed by atoms with E-state index in [1.54, 1.807) is 0 Å². The lowest BCUT2D eigenvalue weighted by molar-refractivity contribution is -0.137. The van der Waals surface area contributed by atoms with E-state index in [1.807, 2.05) is 0 Å². The zero-order chi connectivity index (χ0) is 13.3. The Balaban J connectivity index is 2.52. The average Bonchev–Trinajstić information content (AvgIpc) is 2.69. The summed E-state index contributed by atoms with van der Waals surface area (Å²) in [5.74, 6) is 0. The second kappa shape index (κ2) is 4.34. The van der Waals surface area contributed by atoms with Gasteiger partial charge in [-0.1, -0.05) is 6.07 Å². The van der Waals surface area contributed by atoms with Gasteiger partial charge >= 0.3 is 6.18 Å². The first-order chi connectivity index (χ1) is 8.43. The van der Waals surface area contributed by atoms with Crippen molar-refractivity contribution < 1.29 is 18.3 Å². The van der Waals surface area contributed by atoms with Gasteiger partial charge in [0.1, 0.15) is 0 Å². The maximum atomic E-state index is 12.5. The number of alkyl halides is 3. The number of aromatic amines is 1. The minimum atomic E-state index is -4.47. The van der Waals surface area contributed by atoms with Crippen LogP contribution in [0.25, 0.3) is 5.69 Å². The maximum absolute atomic E-state index is 12.5. The van der Waals surface area contributed by atoms with Gasteiger partial charge in [-0.25, -0.2) is 4.68 Å². The second-order valence-corrected chi connectivity index (χ2v) is 3.65. The third kappa shape index (κ3) is 2.17. The first-order valence-electron chi connectivity index (χ1n) is 5.01. The highest BCUT2D eigenvalue weighted by atomic mass is 19.4. The smallest absolute Gasteiger partial charge is 0.391 e. The lowest BCUT2D eigenvalue weighted by Gasteiger charge is -2.08. The average molecular weight is 258 g/mol. The van der Waals surface area contributed by atoms with Gasteiger partial charge in [0.2, 0.25) is 0 Å². The molecule has 2 rings (SSSR count). The van der Waals surface area contributed by atoms with Crippen LogP contribution in [0.5, 0.6) is 0 Å². The summed E-state index contributed by atoms with van der Waals surface area (Å²) >= 11 is 0. The third-order valence-corrected chi connectivity index (χ3v) is 2.45. The fourth-order valence-corrected chi connectivity index (χ4v) is 1.53. The summed E-state index contributed by atoms with van der Waals surface area (Å²) in [6.07, 6.45) is -3.21. The van der Waals surface area contributed by atoms with Gasteiger partial charge in [0.05, 0.1) is 23.4 Å². The molecule has 4 nitrogen and oxygen atoms in total. The fourth-order valence-electron chi connectivity index (χ4n) is 1.53. The van der Waals surface area contributed by atoms with Gasteiger partial charge in [0.15, 0.2) is 0 Å². The van der Waals surface area contributed by atoms with Crippen molar-refractivity contribution in [2.24, 2.45) is 0 Å². The molecule has 0 saturated heterocycles. The number of H-pyrrole nitrogens is 1. The molecule has 0 unspecified atom stereocenters. The van der Waals surface area contributed by atoms with Crippen molar-refractivity contribution in [3.05, 3.63) is 51.9 Å². The number of hydrogen-bond donors (Lipinski definition) is 2. The van der Waals surface area contributed by atoms with Crippen LogP contribution in [0.2, 0.25) is 0 Å². The summed E-state index contributed by atoms with van der Waals surface area (Å²) in [6, 6.07) is 4.36. The number of halogens is 3. The lowest BCUT2D eigenvalue weighted by atomic mass is 10.2. The van der Waals surface area contributed by atoms with E-state index >= 15 is 0 Å². The third-order valence-electron chi connectivity index (χ3n) is 2.45. The highest BCUT2D eigenvalue weighted by molar-refractivity contribution is 5.36. The maximum Gasteiger partial charge on any atom is 0.416 e. The summed E-state index contributed by atoms with van der Waals surface area (Å²) in [6.45, 7) is -0.471. The quantitative estimate of drug-likeness (QED) is 0.861. The predicted molar refractivity (Wildman–Crippen MR) is 57.3 cm³/mol. The Morgan fingerprint density at radius 2 is 2.06 bits per heavy atom. The molecule has 0 aliphatic rings. The molecule has 1 aromatic carbocycles. The molecule has 0 amide bonds. The van der Waals surface area contributed by atoms with Gasteiger partial charge in [0, 0.05) is 6.20 Å². The molecule has 0 radical (unpaired) electrons. The standard InChI is InChI=1S/C11H9F3N2O2/c12-11(13,14)8-2-1-3-9(4-8)16-10(18)7(6-17)5-15-16/h1-5,15,17H,6H2. The van der Waals surface area contributed by atoms with Crippen molar-refractivity contribution >= 4 is 0 Å². The number of aliphatic hydroxyl groups excluding tert-OH is 1. The van der Waals surface area contributed by atoms with Crippen LogP contribution in [0, 0.1) is 0 Å². The summed E-state index contributed by atoms with van der Waals surface area (Å²) in [5, 5.41) is 11.3. The molecule has 18 heavy (non-hydrogen) atoms. The van der Waals surface area contributed by atoms with Crippen LogP contribution < -0.4 is 5.56 Å². The van der Waals surface area contributed by atoms with E-state index in [9.17, 15) is 18.0 Å². The van der Waals surface area contributed by atoms with Gasteiger partial charge in [0.25, 0.3) is 5.56 Å². The molecule has 0 saturated carbocycles. The molecule has 0 atom stereocenters. The molecule has 2 aromatic rings. The molecule has 1 heterocycles. The Kier molecular flexibility index (Phi) is 3.00. The van der Waals surface area contributed by atoms with Crippen LogP contribution in [-0.2, 0) is 12.8 Å². The molecular formula is C11H9F3N2O2. The van der Waals surface area contributed by atoms with Crippen LogP contribution in [-0.4, -0.2) is 14.9 Å². The predicted octanol–water partition coefficient (Wildman–Crippen LogP) is 1.68. The topological polar surface area (TPSA) is 58.0 Å². The fraction of sp³-hybridized carbons (Fsp3) is 0.182. The highest BCUT2D eigenvalue weighted by Gasteiger charge is 2.30. The number of hydrogen-bond acceptors (Lipinski definition) is 2. The van der Waals surface area contributed by atoms with E-state index in [4.69, 9.17) is 5.11 Å². The van der Waals surface area contributed by atoms with E-state index < -0.39 is 23.9 Å². The molecule has 1 aromatic heterocycles. The monoisotopic (exact) mass is 258 g/mol. The summed E-state index contributed by atoms with van der Waals surface area (Å²) in [4.78, 5) is 11.7. The van der Waals surface area contributed by atoms with Crippen LogP contribution in [0.3, 0.4) is 0 Å². The molecule has 0 fully saturated rings. The minimum absolute atomic E-state index is 0.0644. The van der Waals surface area contributed by atoms with E-state index in [1.165, 1.54) is 18.3 Å². The number of nitrogens with one attached hydrogen (secondary N) is 1. The van der Waals surface area contributed by atoms with Crippen molar-refractivity contribution in [2.75, 3.05) is 0 Å². The second-order valence-electron chi connectivity index (χ2n) is 3.65. The van der Waals surface area contributed by atoms with Gasteiger partial charge in [-0.15, -0.1) is 0 Å². The number of rotatable bonds is 2. The molecular weight excluding hydrogens is 249 g/mol. The zero-order valence-electron chi connectivity index (χ0n) is 9.03. The van der Waals surface area contributed by atoms with Gasteiger partial charge in [-0.05, 0) is 18.2 Å². The Morgan fingerprint density at radius 3 is 2.61 bits per heavy atom. The molecule has 0 aliphatic heterocycles. The Morgan fingerprint density at radius 1 is 1.33 bits per heavy atom. The number of nitrogens with zero attached hydrogens (tertiary/aromatic N) is 1. The molecule has 7 heteroatoms. The van der Waals surface area contributed by atoms with Crippen LogP contribution in [0.4, 0.5) is 13.2 Å². The van der Waals surface area contributed by atoms with E-state index in [-0.39, 0.29) is 11.3 Å². The van der Waals surface area contributed by atoms with Crippen LogP contribution in [0.15, 0.2) is 35.3 Å². The van der Waals surface area contributed by atoms with Gasteiger partial charge < -0.3 is 5.11 Å². The van der Waals surface area contributed by atoms with Crippen LogP contribution >= 0.6 is 0 Å². The van der Waals surface area contributed by atoms with Gasteiger partial charge in [-0.3, -0.25) is 9.89 Å². The van der Waals surface area contributed by atoms with E-state index in [2.05, 4.69) is 5.10 Å². The molecule has 0 spiro atoms. The van der Waals surface area contributed by atoms with E-state index in [0.29, 0.717) is 0 Å². The Hall–Kier alpha value is -2.02. The summed E-state index contributed by atoms with van der Waals surface area (Å²) < 4.78 is 38.5. The first-order valence-corrected chi connectivity index (χ1v) is 5.01. The molecule has 0 bridgehead atoms. The van der Waals surface area contributed by atoms with Crippen LogP contribution in [0.1, 0.15) is 11.1 Å². The normalized spacial score (nSPS) is 11.8. The zero-order valence-corrected chi connectivity index (χ0v) is 9.03. The minimum Gasteiger partial charge on any atom is -0.391 e. The Bertz CT molecular complexity index is 613. The number of aliphatic hydroxyl groups is 1. The van der Waals surface area contributed by atoms with E-state index in [0.717, 1.165) is 16.8 Å². The number of benzene rings is 1. The largest absolute Gasteiger partial charge is 0.416 e. The van der Waals surface area contributed by atoms with Crippen molar-refractivity contribution in [3.63, 3.8) is 0 Å². The lowest BCUT2D eigenvalue weighted by Crippen LogP contribution is -2.18. The van der Waals surface area contributed by atoms with Crippen molar-refractivity contribution in [3.8, 4) is 5.69 Å². The van der Waals surface area contributed by atoms with Crippen molar-refractivity contribution in [2.45, 2.75) is 12.8 Å². The molecule has 96 valence electrons. The highest BCUT2D eigenvalue weighted by Crippen LogP contribution is 2.29. The van der Waals surface area contributed by atoms with Gasteiger partial charge in [-0.2, -0.15) is 13.2 Å².